The Kier molecular flexibility index (Phi) is 4.95. The van der Waals surface area contributed by atoms with E-state index < -0.39 is 11.8 Å². The lowest BCUT2D eigenvalue weighted by Crippen LogP contribution is -2.23. The maximum Gasteiger partial charge on any atom is 0.225 e. The summed E-state index contributed by atoms with van der Waals surface area (Å²) in [5.74, 6) is -0.882. The van der Waals surface area contributed by atoms with Gasteiger partial charge in [0.1, 0.15) is 5.75 Å². The molecule has 0 fully saturated rings. The molecule has 3 N–H and O–H groups in total. The van der Waals surface area contributed by atoms with Crippen molar-refractivity contribution in [2.75, 3.05) is 0 Å². The number of phenols is 1. The molecule has 1 unspecified atom stereocenters. The van der Waals surface area contributed by atoms with E-state index >= 15 is 0 Å². The molecule has 0 bridgehead atoms. The summed E-state index contributed by atoms with van der Waals surface area (Å²) in [6.07, 6.45) is 3.57. The van der Waals surface area contributed by atoms with Crippen LogP contribution in [-0.2, 0) is 11.2 Å². The SMILES string of the molecule is NC(=O)C(Cc1cncc(-c2ccc(O)c(Cl)c2)n1)c1ccccc1. The van der Waals surface area contributed by atoms with Gasteiger partial charge in [-0.05, 0) is 23.8 Å². The largest absolute Gasteiger partial charge is 0.506 e. The van der Waals surface area contributed by atoms with Gasteiger partial charge in [0, 0.05) is 18.2 Å². The van der Waals surface area contributed by atoms with Crippen LogP contribution in [-0.4, -0.2) is 21.0 Å². The topological polar surface area (TPSA) is 89.1 Å². The van der Waals surface area contributed by atoms with Crippen LogP contribution in [0.4, 0.5) is 0 Å². The third-order valence-corrected chi connectivity index (χ3v) is 4.19. The van der Waals surface area contributed by atoms with Crippen LogP contribution in [0.5, 0.6) is 5.75 Å². The Bertz CT molecular complexity index is 900. The predicted molar refractivity (Wildman–Crippen MR) is 96.2 cm³/mol. The summed E-state index contributed by atoms with van der Waals surface area (Å²) in [5, 5.41) is 9.77. The molecule has 5 nitrogen and oxygen atoms in total. The molecule has 1 aromatic heterocycles. The normalized spacial score (nSPS) is 11.9. The van der Waals surface area contributed by atoms with E-state index in [1.807, 2.05) is 30.3 Å². The fraction of sp³-hybridized carbons (Fsp3) is 0.105. The number of carbonyl (C=O) groups is 1. The van der Waals surface area contributed by atoms with Crippen molar-refractivity contribution in [3.63, 3.8) is 0 Å². The van der Waals surface area contributed by atoms with Crippen LogP contribution in [0.25, 0.3) is 11.3 Å². The number of aromatic hydroxyl groups is 1. The Morgan fingerprint density at radius 2 is 1.92 bits per heavy atom. The minimum atomic E-state index is -0.478. The van der Waals surface area contributed by atoms with Gasteiger partial charge in [-0.1, -0.05) is 41.9 Å². The van der Waals surface area contributed by atoms with E-state index in [0.29, 0.717) is 17.8 Å². The summed E-state index contributed by atoms with van der Waals surface area (Å²) in [6.45, 7) is 0. The highest BCUT2D eigenvalue weighted by Gasteiger charge is 2.19. The Balaban J connectivity index is 1.90. The molecule has 3 rings (SSSR count). The smallest absolute Gasteiger partial charge is 0.225 e. The van der Waals surface area contributed by atoms with E-state index in [-0.39, 0.29) is 10.8 Å². The fourth-order valence-corrected chi connectivity index (χ4v) is 2.77. The Hall–Kier alpha value is -2.92. The lowest BCUT2D eigenvalue weighted by atomic mass is 9.93. The molecule has 0 aliphatic carbocycles. The van der Waals surface area contributed by atoms with Crippen molar-refractivity contribution in [2.45, 2.75) is 12.3 Å². The highest BCUT2D eigenvalue weighted by molar-refractivity contribution is 6.32. The summed E-state index contributed by atoms with van der Waals surface area (Å²) < 4.78 is 0. The van der Waals surface area contributed by atoms with Gasteiger partial charge in [0.05, 0.1) is 28.5 Å². The molecule has 2 aromatic carbocycles. The molecule has 6 heteroatoms. The van der Waals surface area contributed by atoms with Gasteiger partial charge in [-0.3, -0.25) is 9.78 Å². The van der Waals surface area contributed by atoms with E-state index in [2.05, 4.69) is 9.97 Å². The van der Waals surface area contributed by atoms with Gasteiger partial charge in [0.2, 0.25) is 5.91 Å². The number of amides is 1. The molecule has 1 heterocycles. The Morgan fingerprint density at radius 3 is 2.60 bits per heavy atom. The molecule has 0 spiro atoms. The van der Waals surface area contributed by atoms with Crippen LogP contribution in [0, 0.1) is 0 Å². The minimum Gasteiger partial charge on any atom is -0.506 e. The highest BCUT2D eigenvalue weighted by Crippen LogP contribution is 2.28. The second kappa shape index (κ2) is 7.32. The quantitative estimate of drug-likeness (QED) is 0.736. The number of carbonyl (C=O) groups excluding carboxylic acids is 1. The summed E-state index contributed by atoms with van der Waals surface area (Å²) >= 11 is 5.95. The maximum atomic E-state index is 11.9. The number of nitrogens with two attached hydrogens (primary N) is 1. The monoisotopic (exact) mass is 353 g/mol. The first-order valence-corrected chi connectivity index (χ1v) is 8.06. The molecule has 0 aliphatic heterocycles. The molecule has 0 radical (unpaired) electrons. The zero-order valence-corrected chi connectivity index (χ0v) is 14.0. The molecular formula is C19H16ClN3O2. The number of primary amides is 1. The van der Waals surface area contributed by atoms with Crippen molar-refractivity contribution in [3.8, 4) is 17.0 Å². The van der Waals surface area contributed by atoms with Crippen LogP contribution in [0.15, 0.2) is 60.9 Å². The molecule has 25 heavy (non-hydrogen) atoms. The molecule has 0 saturated heterocycles. The van der Waals surface area contributed by atoms with Gasteiger partial charge < -0.3 is 10.8 Å². The van der Waals surface area contributed by atoms with Crippen molar-refractivity contribution in [2.24, 2.45) is 5.73 Å². The number of hydrogen-bond donors (Lipinski definition) is 2. The van der Waals surface area contributed by atoms with E-state index in [9.17, 15) is 9.90 Å². The molecule has 1 atom stereocenters. The van der Waals surface area contributed by atoms with Crippen molar-refractivity contribution < 1.29 is 9.90 Å². The van der Waals surface area contributed by atoms with Gasteiger partial charge in [0.15, 0.2) is 0 Å². The highest BCUT2D eigenvalue weighted by atomic mass is 35.5. The van der Waals surface area contributed by atoms with Crippen LogP contribution in [0.1, 0.15) is 17.2 Å². The maximum absolute atomic E-state index is 11.9. The number of rotatable bonds is 5. The third kappa shape index (κ3) is 3.95. The molecule has 126 valence electrons. The van der Waals surface area contributed by atoms with Crippen molar-refractivity contribution in [1.29, 1.82) is 0 Å². The average molecular weight is 354 g/mol. The number of benzene rings is 2. The number of phenolic OH excluding ortho intramolecular Hbond substituents is 1. The van der Waals surface area contributed by atoms with Gasteiger partial charge >= 0.3 is 0 Å². The number of aromatic nitrogens is 2. The van der Waals surface area contributed by atoms with Crippen molar-refractivity contribution >= 4 is 17.5 Å². The Morgan fingerprint density at radius 1 is 1.16 bits per heavy atom. The summed E-state index contributed by atoms with van der Waals surface area (Å²) in [7, 11) is 0. The lowest BCUT2D eigenvalue weighted by Gasteiger charge is -2.13. The average Bonchev–Trinajstić information content (AvgIpc) is 2.63. The summed E-state index contributed by atoms with van der Waals surface area (Å²) in [5.41, 5.74) is 8.40. The van der Waals surface area contributed by atoms with Gasteiger partial charge in [-0.25, -0.2) is 4.98 Å². The minimum absolute atomic E-state index is 0.00685. The lowest BCUT2D eigenvalue weighted by molar-refractivity contribution is -0.119. The van der Waals surface area contributed by atoms with Gasteiger partial charge in [-0.15, -0.1) is 0 Å². The van der Waals surface area contributed by atoms with E-state index in [1.165, 1.54) is 6.07 Å². The first-order chi connectivity index (χ1) is 12.0. The molecule has 3 aromatic rings. The number of nitrogens with zero attached hydrogens (tertiary/aromatic N) is 2. The standard InChI is InChI=1S/C19H16ClN3O2/c20-16-8-13(6-7-18(16)24)17-11-22-10-14(23-17)9-15(19(21)25)12-4-2-1-3-5-12/h1-8,10-11,15,24H,9H2,(H2,21,25). The van der Waals surface area contributed by atoms with Crippen LogP contribution >= 0.6 is 11.6 Å². The molecule has 0 aliphatic rings. The second-order valence-corrected chi connectivity index (χ2v) is 6.04. The fourth-order valence-electron chi connectivity index (χ4n) is 2.59. The first-order valence-electron chi connectivity index (χ1n) is 7.68. The predicted octanol–water partition coefficient (Wildman–Crippen LogP) is 3.31. The zero-order valence-electron chi connectivity index (χ0n) is 13.3. The van der Waals surface area contributed by atoms with E-state index in [1.54, 1.807) is 24.5 Å². The third-order valence-electron chi connectivity index (χ3n) is 3.89. The first kappa shape index (κ1) is 16.9. The van der Waals surface area contributed by atoms with Crippen LogP contribution in [0.2, 0.25) is 5.02 Å². The van der Waals surface area contributed by atoms with E-state index in [4.69, 9.17) is 17.3 Å². The molecule has 0 saturated carbocycles. The van der Waals surface area contributed by atoms with Crippen LogP contribution < -0.4 is 5.73 Å². The second-order valence-electron chi connectivity index (χ2n) is 5.63. The van der Waals surface area contributed by atoms with Crippen molar-refractivity contribution in [1.82, 2.24) is 9.97 Å². The number of hydrogen-bond acceptors (Lipinski definition) is 4. The number of halogens is 1. The van der Waals surface area contributed by atoms with Gasteiger partial charge in [0.25, 0.3) is 0 Å². The van der Waals surface area contributed by atoms with Crippen molar-refractivity contribution in [3.05, 3.63) is 77.2 Å². The molecule has 1 amide bonds. The summed E-state index contributed by atoms with van der Waals surface area (Å²) in [4.78, 5) is 20.6. The van der Waals surface area contributed by atoms with E-state index in [0.717, 1.165) is 11.1 Å². The Labute approximate surface area is 150 Å². The zero-order chi connectivity index (χ0) is 17.8. The molecular weight excluding hydrogens is 338 g/mol. The van der Waals surface area contributed by atoms with Gasteiger partial charge in [-0.2, -0.15) is 0 Å². The van der Waals surface area contributed by atoms with Crippen LogP contribution in [0.3, 0.4) is 0 Å². The summed E-state index contributed by atoms with van der Waals surface area (Å²) in [6, 6.07) is 14.2.